The minimum absolute atomic E-state index is 0.00469. The Hall–Kier alpha value is -2.94. The molecule has 0 radical (unpaired) electrons. The van der Waals surface area contributed by atoms with E-state index in [1.54, 1.807) is 12.1 Å². The van der Waals surface area contributed by atoms with E-state index in [2.05, 4.69) is 26.8 Å². The van der Waals surface area contributed by atoms with Gasteiger partial charge >= 0.3 is 0 Å². The molecule has 0 unspecified atom stereocenters. The number of likely N-dealkylation sites (tertiary alicyclic amines) is 1. The van der Waals surface area contributed by atoms with Gasteiger partial charge in [-0.15, -0.1) is 0 Å². The van der Waals surface area contributed by atoms with Crippen LogP contribution in [0.2, 0.25) is 0 Å². The second kappa shape index (κ2) is 9.68. The summed E-state index contributed by atoms with van der Waals surface area (Å²) in [5, 5.41) is 3.16. The minimum atomic E-state index is -0.405. The van der Waals surface area contributed by atoms with Gasteiger partial charge in [0.1, 0.15) is 11.4 Å². The molecule has 1 fully saturated rings. The second-order valence-corrected chi connectivity index (χ2v) is 9.10. The zero-order valence-electron chi connectivity index (χ0n) is 19.2. The van der Waals surface area contributed by atoms with E-state index in [0.717, 1.165) is 0 Å². The third kappa shape index (κ3) is 5.85. The summed E-state index contributed by atoms with van der Waals surface area (Å²) in [6.07, 6.45) is 1.64. The van der Waals surface area contributed by atoms with Crippen LogP contribution in [0.3, 0.4) is 0 Å². The molecule has 2 aromatic heterocycles. The van der Waals surface area contributed by atoms with Crippen LogP contribution in [0.1, 0.15) is 26.3 Å². The highest BCUT2D eigenvalue weighted by Gasteiger charge is 2.36. The molecular weight excluding hydrogens is 413 g/mol. The van der Waals surface area contributed by atoms with Crippen LogP contribution in [0.5, 0.6) is 5.88 Å². The van der Waals surface area contributed by atoms with Crippen molar-refractivity contribution in [1.29, 1.82) is 0 Å². The van der Waals surface area contributed by atoms with Crippen LogP contribution in [-0.2, 0) is 16.0 Å². The molecule has 0 bridgehead atoms. The van der Waals surface area contributed by atoms with Gasteiger partial charge in [-0.3, -0.25) is 9.78 Å². The maximum absolute atomic E-state index is 14.6. The molecule has 3 N–H and O–H groups in total. The van der Waals surface area contributed by atoms with E-state index in [1.165, 1.54) is 13.3 Å². The number of carbonyl (C=O) groups is 1. The highest BCUT2D eigenvalue weighted by atomic mass is 19.1. The monoisotopic (exact) mass is 445 g/mol. The Balaban J connectivity index is 1.66. The van der Waals surface area contributed by atoms with Crippen molar-refractivity contribution in [1.82, 2.24) is 20.2 Å². The number of ether oxygens (including phenoxy) is 2. The molecule has 1 saturated heterocycles. The van der Waals surface area contributed by atoms with Gasteiger partial charge in [0, 0.05) is 43.7 Å². The zero-order chi connectivity index (χ0) is 23.5. The molecule has 1 aliphatic heterocycles. The first-order valence-electron chi connectivity index (χ1n) is 10.7. The lowest BCUT2D eigenvalue weighted by atomic mass is 9.95. The standard InChI is InChI=1S/C23H32FN5O3/c1-14(32-23(2,3)4)26-10-15-12-29(13-17(15)22(25)30)9-8-16-18(24)11-27-19-6-7-20(31-5)28-21(16)19/h6-7,11,15,17,26H,1,8-10,12-13H2,2-5H3,(H2,25,30)/t15-,17+/m0/s1. The number of methoxy groups -OCH3 is 1. The summed E-state index contributed by atoms with van der Waals surface area (Å²) in [5.41, 5.74) is 6.88. The number of hydrogen-bond acceptors (Lipinski definition) is 7. The predicted octanol–water partition coefficient (Wildman–Crippen LogP) is 2.23. The van der Waals surface area contributed by atoms with Crippen LogP contribution in [0.4, 0.5) is 4.39 Å². The SMILES string of the molecule is C=C(NC[C@H]1CN(CCc2c(F)cnc3ccc(OC)nc23)C[C@H]1C(N)=O)OC(C)(C)C. The number of fused-ring (bicyclic) bond motifs is 1. The molecule has 1 aliphatic rings. The maximum Gasteiger partial charge on any atom is 0.222 e. The number of halogens is 1. The first kappa shape index (κ1) is 23.7. The lowest BCUT2D eigenvalue weighted by molar-refractivity contribution is -0.122. The van der Waals surface area contributed by atoms with E-state index in [9.17, 15) is 9.18 Å². The van der Waals surface area contributed by atoms with Crippen LogP contribution >= 0.6 is 0 Å². The van der Waals surface area contributed by atoms with Crippen molar-refractivity contribution >= 4 is 16.9 Å². The van der Waals surface area contributed by atoms with Gasteiger partial charge in [0.25, 0.3) is 0 Å². The fourth-order valence-corrected chi connectivity index (χ4v) is 4.02. The van der Waals surface area contributed by atoms with Crippen molar-refractivity contribution in [3.05, 3.63) is 42.2 Å². The molecular formula is C23H32FN5O3. The molecule has 174 valence electrons. The Bertz CT molecular complexity index is 991. The first-order valence-corrected chi connectivity index (χ1v) is 10.7. The van der Waals surface area contributed by atoms with Gasteiger partial charge in [-0.1, -0.05) is 0 Å². The number of carbonyl (C=O) groups excluding carboxylic acids is 1. The van der Waals surface area contributed by atoms with Gasteiger partial charge in [0.15, 0.2) is 5.88 Å². The lowest BCUT2D eigenvalue weighted by Crippen LogP contribution is -2.36. The van der Waals surface area contributed by atoms with Gasteiger partial charge in [0.05, 0.1) is 30.3 Å². The van der Waals surface area contributed by atoms with Crippen molar-refractivity contribution in [3.63, 3.8) is 0 Å². The summed E-state index contributed by atoms with van der Waals surface area (Å²) in [6.45, 7) is 12.0. The topological polar surface area (TPSA) is 103 Å². The average molecular weight is 446 g/mol. The summed E-state index contributed by atoms with van der Waals surface area (Å²) in [4.78, 5) is 22.7. The number of primary amides is 1. The molecule has 0 aromatic carbocycles. The predicted molar refractivity (Wildman–Crippen MR) is 120 cm³/mol. The summed E-state index contributed by atoms with van der Waals surface area (Å²) >= 11 is 0. The smallest absolute Gasteiger partial charge is 0.222 e. The van der Waals surface area contributed by atoms with Crippen LogP contribution in [0.25, 0.3) is 11.0 Å². The lowest BCUT2D eigenvalue weighted by Gasteiger charge is -2.25. The van der Waals surface area contributed by atoms with Crippen molar-refractivity contribution in [3.8, 4) is 5.88 Å². The van der Waals surface area contributed by atoms with E-state index in [-0.39, 0.29) is 23.3 Å². The van der Waals surface area contributed by atoms with Gasteiger partial charge in [-0.05, 0) is 39.8 Å². The summed E-state index contributed by atoms with van der Waals surface area (Å²) in [6, 6.07) is 3.46. The van der Waals surface area contributed by atoms with E-state index in [4.69, 9.17) is 15.2 Å². The van der Waals surface area contributed by atoms with Crippen molar-refractivity contribution < 1.29 is 18.7 Å². The van der Waals surface area contributed by atoms with E-state index >= 15 is 0 Å². The molecule has 3 rings (SSSR count). The van der Waals surface area contributed by atoms with Crippen molar-refractivity contribution in [2.75, 3.05) is 33.3 Å². The molecule has 0 aliphatic carbocycles. The van der Waals surface area contributed by atoms with E-state index < -0.39 is 5.82 Å². The Morgan fingerprint density at radius 3 is 2.78 bits per heavy atom. The van der Waals surface area contributed by atoms with Gasteiger partial charge in [-0.2, -0.15) is 0 Å². The Kier molecular flexibility index (Phi) is 7.18. The molecule has 8 nitrogen and oxygen atoms in total. The van der Waals surface area contributed by atoms with Crippen molar-refractivity contribution in [2.45, 2.75) is 32.8 Å². The Morgan fingerprint density at radius 2 is 2.12 bits per heavy atom. The van der Waals surface area contributed by atoms with Crippen LogP contribution in [-0.4, -0.2) is 59.7 Å². The van der Waals surface area contributed by atoms with Crippen LogP contribution < -0.4 is 15.8 Å². The van der Waals surface area contributed by atoms with E-state index in [1.807, 2.05) is 20.8 Å². The molecule has 2 aromatic rings. The number of nitrogens with zero attached hydrogens (tertiary/aromatic N) is 3. The van der Waals surface area contributed by atoms with E-state index in [0.29, 0.717) is 61.0 Å². The quantitative estimate of drug-likeness (QED) is 0.571. The number of amides is 1. The summed E-state index contributed by atoms with van der Waals surface area (Å²) in [5.74, 6) is -0.173. The second-order valence-electron chi connectivity index (χ2n) is 9.10. The highest BCUT2D eigenvalue weighted by molar-refractivity contribution is 5.78. The fraction of sp³-hybridized carbons (Fsp3) is 0.522. The molecule has 1 amide bonds. The third-order valence-electron chi connectivity index (χ3n) is 5.50. The minimum Gasteiger partial charge on any atom is -0.481 e. The molecule has 9 heteroatoms. The van der Waals surface area contributed by atoms with Crippen LogP contribution in [0.15, 0.2) is 30.8 Å². The maximum atomic E-state index is 14.6. The normalized spacial score (nSPS) is 19.2. The molecule has 2 atom stereocenters. The van der Waals surface area contributed by atoms with Gasteiger partial charge in [-0.25, -0.2) is 9.37 Å². The molecule has 32 heavy (non-hydrogen) atoms. The van der Waals surface area contributed by atoms with Gasteiger partial charge in [0.2, 0.25) is 11.8 Å². The molecule has 3 heterocycles. The largest absolute Gasteiger partial charge is 0.481 e. The number of nitrogens with one attached hydrogen (secondary N) is 1. The highest BCUT2D eigenvalue weighted by Crippen LogP contribution is 2.26. The van der Waals surface area contributed by atoms with Crippen molar-refractivity contribution in [2.24, 2.45) is 17.6 Å². The number of pyridine rings is 2. The molecule has 0 spiro atoms. The summed E-state index contributed by atoms with van der Waals surface area (Å²) in [7, 11) is 1.52. The zero-order valence-corrected chi connectivity index (χ0v) is 19.2. The molecule has 0 saturated carbocycles. The van der Waals surface area contributed by atoms with Crippen LogP contribution in [0, 0.1) is 17.7 Å². The Morgan fingerprint density at radius 1 is 1.38 bits per heavy atom. The average Bonchev–Trinajstić information content (AvgIpc) is 3.13. The Labute approximate surface area is 188 Å². The van der Waals surface area contributed by atoms with Gasteiger partial charge < -0.3 is 25.4 Å². The number of hydrogen-bond donors (Lipinski definition) is 2. The third-order valence-corrected chi connectivity index (χ3v) is 5.50. The number of rotatable bonds is 9. The number of aromatic nitrogens is 2. The first-order chi connectivity index (χ1) is 15.1. The fourth-order valence-electron chi connectivity index (χ4n) is 4.02. The summed E-state index contributed by atoms with van der Waals surface area (Å²) < 4.78 is 25.5. The number of nitrogens with two attached hydrogens (primary N) is 1.